The van der Waals surface area contributed by atoms with Crippen LogP contribution in [0.2, 0.25) is 5.02 Å². The first-order valence-corrected chi connectivity index (χ1v) is 7.79. The highest BCUT2D eigenvalue weighted by molar-refractivity contribution is 6.33. The molecule has 0 radical (unpaired) electrons. The molecule has 0 bridgehead atoms. The summed E-state index contributed by atoms with van der Waals surface area (Å²) in [4.78, 5) is 22.0. The topological polar surface area (TPSA) is 78.7 Å². The van der Waals surface area contributed by atoms with Crippen LogP contribution in [0, 0.1) is 10.1 Å². The van der Waals surface area contributed by atoms with Gasteiger partial charge in [-0.3, -0.25) is 10.1 Å². The molecule has 6 nitrogen and oxygen atoms in total. The van der Waals surface area contributed by atoms with Gasteiger partial charge in [0.1, 0.15) is 19.0 Å². The summed E-state index contributed by atoms with van der Waals surface area (Å²) in [7, 11) is 0. The number of rotatable bonds is 7. The monoisotopic (exact) mass is 361 g/mol. The van der Waals surface area contributed by atoms with Gasteiger partial charge in [-0.05, 0) is 42.8 Å². The van der Waals surface area contributed by atoms with Crippen LogP contribution in [0.25, 0.3) is 0 Å². The molecule has 2 aromatic carbocycles. The number of nitrogens with zero attached hydrogens (tertiary/aromatic N) is 1. The maximum atomic E-state index is 11.9. The van der Waals surface area contributed by atoms with Crippen LogP contribution in [0.1, 0.15) is 17.3 Å². The van der Waals surface area contributed by atoms with Crippen LogP contribution in [0.5, 0.6) is 5.75 Å². The van der Waals surface area contributed by atoms with E-state index in [9.17, 15) is 14.9 Å². The highest BCUT2D eigenvalue weighted by Crippen LogP contribution is 2.18. The van der Waals surface area contributed by atoms with Crippen molar-refractivity contribution in [3.63, 3.8) is 0 Å². The lowest BCUT2D eigenvalue weighted by Crippen LogP contribution is -2.07. The zero-order valence-corrected chi connectivity index (χ0v) is 14.2. The van der Waals surface area contributed by atoms with Crippen LogP contribution in [-0.4, -0.2) is 24.1 Å². The largest absolute Gasteiger partial charge is 0.489 e. The van der Waals surface area contributed by atoms with Crippen molar-refractivity contribution < 1.29 is 19.2 Å². The van der Waals surface area contributed by atoms with Crippen molar-refractivity contribution in [2.45, 2.75) is 6.92 Å². The van der Waals surface area contributed by atoms with E-state index in [0.29, 0.717) is 16.3 Å². The summed E-state index contributed by atoms with van der Waals surface area (Å²) >= 11 is 5.93. The lowest BCUT2D eigenvalue weighted by atomic mass is 10.2. The van der Waals surface area contributed by atoms with Crippen LogP contribution in [0.3, 0.4) is 0 Å². The van der Waals surface area contributed by atoms with Crippen LogP contribution < -0.4 is 4.74 Å². The minimum absolute atomic E-state index is 0.00565. The molecular weight excluding hydrogens is 346 g/mol. The average Bonchev–Trinajstić information content (AvgIpc) is 2.60. The van der Waals surface area contributed by atoms with E-state index in [1.165, 1.54) is 24.3 Å². The molecule has 0 aliphatic heterocycles. The molecule has 0 aliphatic carbocycles. The SMILES string of the molecule is C/C(=C\COC(=O)c1ccccc1Cl)COc1ccc([N+](=O)[O-])cc1. The minimum Gasteiger partial charge on any atom is -0.489 e. The number of hydrogen-bond acceptors (Lipinski definition) is 5. The number of hydrogen-bond donors (Lipinski definition) is 0. The van der Waals surface area contributed by atoms with Crippen LogP contribution in [0.4, 0.5) is 5.69 Å². The van der Waals surface area contributed by atoms with Crippen molar-refractivity contribution in [3.05, 3.63) is 80.9 Å². The van der Waals surface area contributed by atoms with Crippen molar-refractivity contribution in [2.24, 2.45) is 0 Å². The second kappa shape index (κ2) is 8.84. The smallest absolute Gasteiger partial charge is 0.339 e. The fourth-order valence-electron chi connectivity index (χ4n) is 1.88. The van der Waals surface area contributed by atoms with Gasteiger partial charge in [0.05, 0.1) is 15.5 Å². The highest BCUT2D eigenvalue weighted by atomic mass is 35.5. The highest BCUT2D eigenvalue weighted by Gasteiger charge is 2.10. The summed E-state index contributed by atoms with van der Waals surface area (Å²) in [5, 5.41) is 10.9. The van der Waals surface area contributed by atoms with Gasteiger partial charge in [0, 0.05) is 12.1 Å². The summed E-state index contributed by atoms with van der Waals surface area (Å²) in [5.41, 5.74) is 1.17. The molecule has 7 heteroatoms. The Labute approximate surface area is 149 Å². The Hall–Kier alpha value is -2.86. The molecule has 0 heterocycles. The summed E-state index contributed by atoms with van der Waals surface area (Å²) < 4.78 is 10.7. The van der Waals surface area contributed by atoms with E-state index >= 15 is 0 Å². The molecule has 0 aromatic heterocycles. The minimum atomic E-state index is -0.495. The van der Waals surface area contributed by atoms with Crippen LogP contribution in [-0.2, 0) is 4.74 Å². The van der Waals surface area contributed by atoms with Crippen molar-refractivity contribution in [1.82, 2.24) is 0 Å². The first-order valence-electron chi connectivity index (χ1n) is 7.42. The molecule has 0 saturated heterocycles. The Morgan fingerprint density at radius 2 is 1.88 bits per heavy atom. The van der Waals surface area contributed by atoms with E-state index in [-0.39, 0.29) is 18.9 Å². The van der Waals surface area contributed by atoms with Crippen LogP contribution in [0.15, 0.2) is 60.2 Å². The molecule has 0 saturated carbocycles. The van der Waals surface area contributed by atoms with Crippen molar-refractivity contribution in [1.29, 1.82) is 0 Å². The van der Waals surface area contributed by atoms with Gasteiger partial charge in [0.25, 0.3) is 5.69 Å². The quantitative estimate of drug-likeness (QED) is 0.315. The van der Waals surface area contributed by atoms with Gasteiger partial charge < -0.3 is 9.47 Å². The standard InChI is InChI=1S/C18H16ClNO5/c1-13(12-25-15-8-6-14(7-9-15)20(22)23)10-11-24-18(21)16-4-2-3-5-17(16)19/h2-10H,11-12H2,1H3/b13-10+. The molecule has 0 fully saturated rings. The molecule has 130 valence electrons. The first-order chi connectivity index (χ1) is 12.0. The summed E-state index contributed by atoms with van der Waals surface area (Å²) in [6, 6.07) is 12.5. The number of ether oxygens (including phenoxy) is 2. The van der Waals surface area contributed by atoms with Gasteiger partial charge >= 0.3 is 5.97 Å². The van der Waals surface area contributed by atoms with Gasteiger partial charge in [0.2, 0.25) is 0 Å². The van der Waals surface area contributed by atoms with Crippen molar-refractivity contribution >= 4 is 23.3 Å². The van der Waals surface area contributed by atoms with Gasteiger partial charge in [-0.1, -0.05) is 23.7 Å². The Balaban J connectivity index is 1.80. The zero-order chi connectivity index (χ0) is 18.2. The molecule has 0 amide bonds. The second-order valence-corrected chi connectivity index (χ2v) is 5.58. The van der Waals surface area contributed by atoms with E-state index in [0.717, 1.165) is 5.57 Å². The molecule has 0 spiro atoms. The number of carbonyl (C=O) groups excluding carboxylic acids is 1. The third-order valence-corrected chi connectivity index (χ3v) is 3.58. The number of non-ortho nitro benzene ring substituents is 1. The Kier molecular flexibility index (Phi) is 6.54. The molecule has 0 unspecified atom stereocenters. The molecule has 0 aliphatic rings. The average molecular weight is 362 g/mol. The molecular formula is C18H16ClNO5. The predicted octanol–water partition coefficient (Wildman–Crippen LogP) is 4.43. The number of nitro groups is 1. The van der Waals surface area contributed by atoms with Crippen molar-refractivity contribution in [2.75, 3.05) is 13.2 Å². The Morgan fingerprint density at radius 3 is 2.52 bits per heavy atom. The number of nitro benzene ring substituents is 1. The molecule has 2 aromatic rings. The third-order valence-electron chi connectivity index (χ3n) is 3.25. The number of halogens is 1. The summed E-state index contributed by atoms with van der Waals surface area (Å²) in [6.45, 7) is 2.20. The van der Waals surface area contributed by atoms with Gasteiger partial charge in [-0.15, -0.1) is 0 Å². The van der Waals surface area contributed by atoms with Gasteiger partial charge in [-0.2, -0.15) is 0 Å². The maximum absolute atomic E-state index is 11.9. The lowest BCUT2D eigenvalue weighted by Gasteiger charge is -2.07. The number of benzene rings is 2. The molecule has 0 atom stereocenters. The fourth-order valence-corrected chi connectivity index (χ4v) is 2.10. The summed E-state index contributed by atoms with van der Waals surface area (Å²) in [5.74, 6) is 0.0253. The lowest BCUT2D eigenvalue weighted by molar-refractivity contribution is -0.384. The van der Waals surface area contributed by atoms with E-state index in [4.69, 9.17) is 21.1 Å². The van der Waals surface area contributed by atoms with E-state index in [1.54, 1.807) is 30.3 Å². The molecule has 25 heavy (non-hydrogen) atoms. The molecule has 0 N–H and O–H groups in total. The molecule has 2 rings (SSSR count). The number of esters is 1. The zero-order valence-electron chi connectivity index (χ0n) is 13.5. The third kappa shape index (κ3) is 5.61. The van der Waals surface area contributed by atoms with E-state index in [1.807, 2.05) is 6.92 Å². The first kappa shape index (κ1) is 18.5. The summed E-state index contributed by atoms with van der Waals surface area (Å²) in [6.07, 6.45) is 1.72. The van der Waals surface area contributed by atoms with Crippen molar-refractivity contribution in [3.8, 4) is 5.75 Å². The second-order valence-electron chi connectivity index (χ2n) is 5.17. The maximum Gasteiger partial charge on any atom is 0.339 e. The van der Waals surface area contributed by atoms with Gasteiger partial charge in [-0.25, -0.2) is 4.79 Å². The van der Waals surface area contributed by atoms with E-state index in [2.05, 4.69) is 0 Å². The normalized spacial score (nSPS) is 11.0. The predicted molar refractivity (Wildman–Crippen MR) is 94.1 cm³/mol. The fraction of sp³-hybridized carbons (Fsp3) is 0.167. The Morgan fingerprint density at radius 1 is 1.20 bits per heavy atom. The van der Waals surface area contributed by atoms with Gasteiger partial charge in [0.15, 0.2) is 0 Å². The number of carbonyl (C=O) groups is 1. The Bertz CT molecular complexity index is 786. The van der Waals surface area contributed by atoms with Crippen LogP contribution >= 0.6 is 11.6 Å². The van der Waals surface area contributed by atoms with E-state index < -0.39 is 10.9 Å².